The van der Waals surface area contributed by atoms with Gasteiger partial charge in [-0.25, -0.2) is 0 Å². The van der Waals surface area contributed by atoms with Crippen LogP contribution in [0.4, 0.5) is 0 Å². The highest BCUT2D eigenvalue weighted by Crippen LogP contribution is 2.09. The minimum absolute atomic E-state index is 0.0856. The number of aromatic nitrogens is 1. The number of carbonyl (C=O) groups excluding carboxylic acids is 2. The van der Waals surface area contributed by atoms with E-state index in [0.29, 0.717) is 17.9 Å². The van der Waals surface area contributed by atoms with E-state index in [2.05, 4.69) is 5.16 Å². The quantitative estimate of drug-likeness (QED) is 0.445. The van der Waals surface area contributed by atoms with Gasteiger partial charge in [-0.15, -0.1) is 0 Å². The Hall–Kier alpha value is -1.91. The number of nitrogens with zero attached hydrogens (tertiary/aromatic N) is 1. The van der Waals surface area contributed by atoms with Crippen LogP contribution in [0, 0.1) is 6.92 Å². The van der Waals surface area contributed by atoms with E-state index in [4.69, 9.17) is 9.26 Å². The van der Waals surface area contributed by atoms with Gasteiger partial charge in [0.05, 0.1) is 13.0 Å². The highest BCUT2D eigenvalue weighted by molar-refractivity contribution is 6.07. The normalized spacial score (nSPS) is 11.4. The fraction of sp³-hybridized carbons (Fsp3) is 0.417. The fourth-order valence-electron chi connectivity index (χ4n) is 1.22. The number of rotatable bonds is 5. The number of allylic oxidation sites excluding steroid dienone is 1. The first-order valence-corrected chi connectivity index (χ1v) is 5.35. The van der Waals surface area contributed by atoms with Gasteiger partial charge in [-0.1, -0.05) is 11.2 Å². The lowest BCUT2D eigenvalue weighted by Gasteiger charge is -1.99. The molecule has 0 radical (unpaired) electrons. The van der Waals surface area contributed by atoms with E-state index < -0.39 is 0 Å². The van der Waals surface area contributed by atoms with Gasteiger partial charge in [0.25, 0.3) is 0 Å². The molecule has 0 bridgehead atoms. The molecule has 0 aliphatic heterocycles. The molecule has 0 aromatic carbocycles. The van der Waals surface area contributed by atoms with Gasteiger partial charge in [0.2, 0.25) is 5.78 Å². The molecule has 0 saturated heterocycles. The topological polar surface area (TPSA) is 69.4 Å². The van der Waals surface area contributed by atoms with Crippen LogP contribution in [-0.4, -0.2) is 23.5 Å². The van der Waals surface area contributed by atoms with Crippen molar-refractivity contribution in [1.82, 2.24) is 5.16 Å². The van der Waals surface area contributed by atoms with Gasteiger partial charge in [0, 0.05) is 6.07 Å². The molecule has 0 N–H and O–H groups in total. The van der Waals surface area contributed by atoms with Crippen molar-refractivity contribution in [2.45, 2.75) is 27.2 Å². The largest absolute Gasteiger partial charge is 0.466 e. The second kappa shape index (κ2) is 5.98. The molecule has 0 atom stereocenters. The van der Waals surface area contributed by atoms with Crippen molar-refractivity contribution in [3.05, 3.63) is 29.2 Å². The molecule has 0 saturated carbocycles. The Morgan fingerprint density at radius 3 is 2.76 bits per heavy atom. The van der Waals surface area contributed by atoms with E-state index in [1.165, 1.54) is 6.08 Å². The predicted molar refractivity (Wildman–Crippen MR) is 60.6 cm³/mol. The fourth-order valence-corrected chi connectivity index (χ4v) is 1.22. The molecule has 1 rings (SSSR count). The molecule has 1 heterocycles. The Kier molecular flexibility index (Phi) is 4.63. The van der Waals surface area contributed by atoms with E-state index in [1.807, 2.05) is 0 Å². The van der Waals surface area contributed by atoms with E-state index in [0.717, 1.165) is 0 Å². The number of hydrogen-bond acceptors (Lipinski definition) is 5. The Morgan fingerprint density at radius 2 is 2.24 bits per heavy atom. The standard InChI is InChI=1S/C12H15NO4/c1-4-16-11(14)6-5-8(2)12(15)10-7-9(3)17-13-10/h5,7H,4,6H2,1-3H3. The number of carbonyl (C=O) groups is 2. The van der Waals surface area contributed by atoms with E-state index >= 15 is 0 Å². The molecule has 0 fully saturated rings. The molecule has 0 unspecified atom stereocenters. The average Bonchev–Trinajstić information content (AvgIpc) is 2.72. The minimum atomic E-state index is -0.351. The molecule has 1 aromatic rings. The summed E-state index contributed by atoms with van der Waals surface area (Å²) in [7, 11) is 0. The van der Waals surface area contributed by atoms with Crippen LogP contribution in [0.15, 0.2) is 22.2 Å². The molecular formula is C12H15NO4. The summed E-state index contributed by atoms with van der Waals surface area (Å²) in [5, 5.41) is 3.62. The maximum absolute atomic E-state index is 11.8. The smallest absolute Gasteiger partial charge is 0.309 e. The van der Waals surface area contributed by atoms with Gasteiger partial charge >= 0.3 is 5.97 Å². The lowest BCUT2D eigenvalue weighted by molar-refractivity contribution is -0.142. The first kappa shape index (κ1) is 13.2. The maximum atomic E-state index is 11.8. The zero-order valence-electron chi connectivity index (χ0n) is 10.1. The second-order valence-electron chi connectivity index (χ2n) is 3.55. The van der Waals surface area contributed by atoms with E-state index in [1.54, 1.807) is 26.8 Å². The summed E-state index contributed by atoms with van der Waals surface area (Å²) in [6.07, 6.45) is 1.62. The Labute approximate surface area is 99.4 Å². The number of ether oxygens (including phenoxy) is 1. The van der Waals surface area contributed by atoms with Gasteiger partial charge < -0.3 is 9.26 Å². The highest BCUT2D eigenvalue weighted by atomic mass is 16.5. The van der Waals surface area contributed by atoms with Crippen LogP contribution < -0.4 is 0 Å². The van der Waals surface area contributed by atoms with Gasteiger partial charge in [0.1, 0.15) is 5.76 Å². The molecule has 0 amide bonds. The van der Waals surface area contributed by atoms with Crippen molar-refractivity contribution in [1.29, 1.82) is 0 Å². The van der Waals surface area contributed by atoms with Gasteiger partial charge in [-0.3, -0.25) is 9.59 Å². The van der Waals surface area contributed by atoms with Gasteiger partial charge in [-0.2, -0.15) is 0 Å². The maximum Gasteiger partial charge on any atom is 0.309 e. The molecule has 17 heavy (non-hydrogen) atoms. The molecule has 0 spiro atoms. The summed E-state index contributed by atoms with van der Waals surface area (Å²) in [6, 6.07) is 1.56. The van der Waals surface area contributed by atoms with E-state index in [9.17, 15) is 9.59 Å². The SMILES string of the molecule is CCOC(=O)CC=C(C)C(=O)c1cc(C)on1. The highest BCUT2D eigenvalue weighted by Gasteiger charge is 2.13. The van der Waals surface area contributed by atoms with Crippen molar-refractivity contribution in [2.24, 2.45) is 0 Å². The lowest BCUT2D eigenvalue weighted by atomic mass is 10.1. The van der Waals surface area contributed by atoms with Crippen molar-refractivity contribution in [3.63, 3.8) is 0 Å². The van der Waals surface area contributed by atoms with Crippen molar-refractivity contribution < 1.29 is 18.8 Å². The molecular weight excluding hydrogens is 222 g/mol. The summed E-state index contributed by atoms with van der Waals surface area (Å²) in [6.45, 7) is 5.41. The summed E-state index contributed by atoms with van der Waals surface area (Å²) in [4.78, 5) is 22.9. The molecule has 0 aliphatic rings. The van der Waals surface area contributed by atoms with Crippen molar-refractivity contribution in [2.75, 3.05) is 6.61 Å². The monoisotopic (exact) mass is 237 g/mol. The zero-order chi connectivity index (χ0) is 12.8. The third kappa shape index (κ3) is 3.86. The average molecular weight is 237 g/mol. The van der Waals surface area contributed by atoms with Crippen LogP contribution in [0.25, 0.3) is 0 Å². The summed E-state index contributed by atoms with van der Waals surface area (Å²) < 4.78 is 9.56. The number of hydrogen-bond donors (Lipinski definition) is 0. The third-order valence-corrected chi connectivity index (χ3v) is 2.10. The molecule has 1 aromatic heterocycles. The van der Waals surface area contributed by atoms with Crippen LogP contribution in [0.3, 0.4) is 0 Å². The van der Waals surface area contributed by atoms with Gasteiger partial charge in [0.15, 0.2) is 5.69 Å². The molecule has 5 nitrogen and oxygen atoms in total. The summed E-state index contributed by atoms with van der Waals surface area (Å²) in [5.41, 5.74) is 0.700. The van der Waals surface area contributed by atoms with Crippen molar-refractivity contribution in [3.8, 4) is 0 Å². The van der Waals surface area contributed by atoms with Crippen LogP contribution in [-0.2, 0) is 9.53 Å². The van der Waals surface area contributed by atoms with Crippen molar-refractivity contribution >= 4 is 11.8 Å². The van der Waals surface area contributed by atoms with Crippen LogP contribution in [0.2, 0.25) is 0 Å². The minimum Gasteiger partial charge on any atom is -0.466 e. The molecule has 92 valence electrons. The summed E-state index contributed by atoms with van der Waals surface area (Å²) in [5.74, 6) is -0.0197. The number of ketones is 1. The Balaban J connectivity index is 2.63. The first-order chi connectivity index (χ1) is 8.04. The zero-order valence-corrected chi connectivity index (χ0v) is 10.1. The number of esters is 1. The van der Waals surface area contributed by atoms with Crippen LogP contribution >= 0.6 is 0 Å². The predicted octanol–water partition coefficient (Wildman–Crippen LogP) is 2.07. The van der Waals surface area contributed by atoms with Crippen LogP contribution in [0.1, 0.15) is 36.5 Å². The van der Waals surface area contributed by atoms with Gasteiger partial charge in [-0.05, 0) is 26.3 Å². The first-order valence-electron chi connectivity index (χ1n) is 5.35. The molecule has 5 heteroatoms. The second-order valence-corrected chi connectivity index (χ2v) is 3.55. The lowest BCUT2D eigenvalue weighted by Crippen LogP contribution is -2.05. The third-order valence-electron chi connectivity index (χ3n) is 2.10. The van der Waals surface area contributed by atoms with E-state index in [-0.39, 0.29) is 23.9 Å². The molecule has 0 aliphatic carbocycles. The number of Topliss-reactive ketones (excluding diaryl/α,β-unsaturated/α-hetero) is 1. The number of aryl methyl sites for hydroxylation is 1. The summed E-state index contributed by atoms with van der Waals surface area (Å²) >= 11 is 0. The Bertz CT molecular complexity index is 445. The Morgan fingerprint density at radius 1 is 1.53 bits per heavy atom. The van der Waals surface area contributed by atoms with Crippen LogP contribution in [0.5, 0.6) is 0 Å².